The van der Waals surface area contributed by atoms with Crippen LogP contribution in [-0.2, 0) is 18.3 Å². The molecule has 0 radical (unpaired) electrons. The zero-order valence-corrected chi connectivity index (χ0v) is 15.0. The maximum Gasteiger partial charge on any atom is 0.194 e. The van der Waals surface area contributed by atoms with E-state index < -0.39 is 0 Å². The number of rotatable bonds is 4. The average Bonchev–Trinajstić information content (AvgIpc) is 3.18. The number of aromatic nitrogens is 3. The Hall–Kier alpha value is -1.67. The standard InChI is InChI=1S/C16H29N7O/c1-13-19-20-15(21(13)3)10-18-16(17-2)23-5-4-14(12-23)11-22-6-8-24-9-7-22/h14H,4-12H2,1-3H3,(H,17,18). The van der Waals surface area contributed by atoms with E-state index in [1.54, 1.807) is 0 Å². The number of hydrogen-bond acceptors (Lipinski definition) is 5. The number of ether oxygens (including phenoxy) is 1. The van der Waals surface area contributed by atoms with Gasteiger partial charge < -0.3 is 19.5 Å². The maximum atomic E-state index is 5.43. The SMILES string of the molecule is CN=C(NCc1nnc(C)n1C)N1CCC(CN2CCOCC2)C1. The highest BCUT2D eigenvalue weighted by Crippen LogP contribution is 2.18. The molecule has 2 fully saturated rings. The molecule has 0 amide bonds. The predicted octanol–water partition coefficient (Wildman–Crippen LogP) is -0.147. The van der Waals surface area contributed by atoms with Gasteiger partial charge in [0.15, 0.2) is 11.8 Å². The van der Waals surface area contributed by atoms with Crippen LogP contribution in [0.5, 0.6) is 0 Å². The summed E-state index contributed by atoms with van der Waals surface area (Å²) in [6, 6.07) is 0. The van der Waals surface area contributed by atoms with Crippen molar-refractivity contribution in [3.63, 3.8) is 0 Å². The molecule has 24 heavy (non-hydrogen) atoms. The first-order valence-electron chi connectivity index (χ1n) is 8.78. The fraction of sp³-hybridized carbons (Fsp3) is 0.812. The number of guanidine groups is 1. The lowest BCUT2D eigenvalue weighted by atomic mass is 10.1. The summed E-state index contributed by atoms with van der Waals surface area (Å²) >= 11 is 0. The Bertz CT molecular complexity index is 565. The number of nitrogens with one attached hydrogen (secondary N) is 1. The number of morpholine rings is 1. The fourth-order valence-corrected chi connectivity index (χ4v) is 3.42. The van der Waals surface area contributed by atoms with E-state index in [1.165, 1.54) is 13.0 Å². The second kappa shape index (κ2) is 7.94. The minimum Gasteiger partial charge on any atom is -0.379 e. The van der Waals surface area contributed by atoms with Crippen LogP contribution in [0.4, 0.5) is 0 Å². The van der Waals surface area contributed by atoms with Crippen LogP contribution < -0.4 is 5.32 Å². The molecule has 1 atom stereocenters. The smallest absolute Gasteiger partial charge is 0.194 e. The summed E-state index contributed by atoms with van der Waals surface area (Å²) in [5.41, 5.74) is 0. The maximum absolute atomic E-state index is 5.43. The van der Waals surface area contributed by atoms with Gasteiger partial charge in [-0.25, -0.2) is 0 Å². The molecule has 8 nitrogen and oxygen atoms in total. The molecular formula is C16H29N7O. The normalized spacial score (nSPS) is 23.0. The summed E-state index contributed by atoms with van der Waals surface area (Å²) in [7, 11) is 3.84. The van der Waals surface area contributed by atoms with Gasteiger partial charge in [-0.3, -0.25) is 9.89 Å². The molecular weight excluding hydrogens is 306 g/mol. The highest BCUT2D eigenvalue weighted by molar-refractivity contribution is 5.80. The first kappa shape index (κ1) is 17.2. The Morgan fingerprint density at radius 3 is 2.75 bits per heavy atom. The van der Waals surface area contributed by atoms with Crippen molar-refractivity contribution in [2.45, 2.75) is 19.9 Å². The van der Waals surface area contributed by atoms with Crippen LogP contribution in [-0.4, -0.2) is 83.5 Å². The lowest BCUT2D eigenvalue weighted by molar-refractivity contribution is 0.0315. The van der Waals surface area contributed by atoms with E-state index in [4.69, 9.17) is 4.74 Å². The van der Waals surface area contributed by atoms with E-state index in [2.05, 4.69) is 30.3 Å². The van der Waals surface area contributed by atoms with Crippen LogP contribution in [0.25, 0.3) is 0 Å². The summed E-state index contributed by atoms with van der Waals surface area (Å²) in [5, 5.41) is 11.7. The van der Waals surface area contributed by atoms with Crippen LogP contribution >= 0.6 is 0 Å². The molecule has 134 valence electrons. The number of hydrogen-bond donors (Lipinski definition) is 1. The van der Waals surface area contributed by atoms with Crippen LogP contribution in [0.1, 0.15) is 18.1 Å². The quantitative estimate of drug-likeness (QED) is 0.610. The molecule has 1 aromatic heterocycles. The Balaban J connectivity index is 1.48. The lowest BCUT2D eigenvalue weighted by Crippen LogP contribution is -2.42. The summed E-state index contributed by atoms with van der Waals surface area (Å²) in [4.78, 5) is 9.32. The van der Waals surface area contributed by atoms with Gasteiger partial charge in [0.1, 0.15) is 5.82 Å². The number of likely N-dealkylation sites (tertiary alicyclic amines) is 1. The van der Waals surface area contributed by atoms with Gasteiger partial charge in [-0.1, -0.05) is 0 Å². The van der Waals surface area contributed by atoms with Gasteiger partial charge in [-0.2, -0.15) is 0 Å². The monoisotopic (exact) mass is 335 g/mol. The molecule has 0 saturated carbocycles. The molecule has 0 bridgehead atoms. The molecule has 1 unspecified atom stereocenters. The van der Waals surface area contributed by atoms with Crippen LogP contribution in [0, 0.1) is 12.8 Å². The molecule has 0 aromatic carbocycles. The molecule has 3 heterocycles. The largest absolute Gasteiger partial charge is 0.379 e. The van der Waals surface area contributed by atoms with Crippen molar-refractivity contribution >= 4 is 5.96 Å². The second-order valence-corrected chi connectivity index (χ2v) is 6.64. The third-order valence-corrected chi connectivity index (χ3v) is 5.00. The molecule has 1 aromatic rings. The van der Waals surface area contributed by atoms with Crippen molar-refractivity contribution in [2.75, 3.05) is 53.0 Å². The highest BCUT2D eigenvalue weighted by atomic mass is 16.5. The zero-order chi connectivity index (χ0) is 16.9. The van der Waals surface area contributed by atoms with E-state index in [9.17, 15) is 0 Å². The van der Waals surface area contributed by atoms with E-state index in [0.717, 1.165) is 57.0 Å². The lowest BCUT2D eigenvalue weighted by Gasteiger charge is -2.29. The summed E-state index contributed by atoms with van der Waals surface area (Å²) in [6.07, 6.45) is 1.22. The van der Waals surface area contributed by atoms with Gasteiger partial charge in [0.05, 0.1) is 19.8 Å². The summed E-state index contributed by atoms with van der Waals surface area (Å²) < 4.78 is 7.44. The third-order valence-electron chi connectivity index (χ3n) is 5.00. The van der Waals surface area contributed by atoms with Crippen molar-refractivity contribution in [3.8, 4) is 0 Å². The summed E-state index contributed by atoms with van der Waals surface area (Å²) in [6.45, 7) is 9.77. The van der Waals surface area contributed by atoms with Crippen molar-refractivity contribution < 1.29 is 4.74 Å². The Morgan fingerprint density at radius 2 is 2.08 bits per heavy atom. The molecule has 1 N–H and O–H groups in total. The van der Waals surface area contributed by atoms with Gasteiger partial charge in [0, 0.05) is 46.8 Å². The van der Waals surface area contributed by atoms with Crippen molar-refractivity contribution in [1.82, 2.24) is 29.9 Å². The van der Waals surface area contributed by atoms with Crippen molar-refractivity contribution in [1.29, 1.82) is 0 Å². The Labute approximate surface area is 143 Å². The Kier molecular flexibility index (Phi) is 5.68. The average molecular weight is 335 g/mol. The van der Waals surface area contributed by atoms with Gasteiger partial charge in [0.2, 0.25) is 0 Å². The van der Waals surface area contributed by atoms with Gasteiger partial charge >= 0.3 is 0 Å². The fourth-order valence-electron chi connectivity index (χ4n) is 3.42. The number of aliphatic imine (C=N–C) groups is 1. The highest BCUT2D eigenvalue weighted by Gasteiger charge is 2.27. The molecule has 0 aliphatic carbocycles. The van der Waals surface area contributed by atoms with E-state index >= 15 is 0 Å². The molecule has 0 spiro atoms. The van der Waals surface area contributed by atoms with Gasteiger partial charge in [0.25, 0.3) is 0 Å². The molecule has 3 rings (SSSR count). The van der Waals surface area contributed by atoms with Gasteiger partial charge in [-0.05, 0) is 19.3 Å². The Morgan fingerprint density at radius 1 is 1.29 bits per heavy atom. The molecule has 2 saturated heterocycles. The van der Waals surface area contributed by atoms with E-state index in [0.29, 0.717) is 12.5 Å². The minimum absolute atomic E-state index is 0.647. The van der Waals surface area contributed by atoms with Crippen LogP contribution in [0.3, 0.4) is 0 Å². The predicted molar refractivity (Wildman–Crippen MR) is 92.9 cm³/mol. The van der Waals surface area contributed by atoms with E-state index in [1.807, 2.05) is 25.6 Å². The van der Waals surface area contributed by atoms with Gasteiger partial charge in [-0.15, -0.1) is 10.2 Å². The third kappa shape index (κ3) is 4.05. The zero-order valence-electron chi connectivity index (χ0n) is 15.0. The first-order valence-corrected chi connectivity index (χ1v) is 8.78. The summed E-state index contributed by atoms with van der Waals surface area (Å²) in [5.74, 6) is 3.52. The number of nitrogens with zero attached hydrogens (tertiary/aromatic N) is 6. The van der Waals surface area contributed by atoms with Crippen LogP contribution in [0.2, 0.25) is 0 Å². The number of aryl methyl sites for hydroxylation is 1. The first-order chi connectivity index (χ1) is 11.7. The minimum atomic E-state index is 0.647. The molecule has 2 aliphatic rings. The van der Waals surface area contributed by atoms with Crippen LogP contribution in [0.15, 0.2) is 4.99 Å². The molecule has 8 heteroatoms. The molecule has 2 aliphatic heterocycles. The second-order valence-electron chi connectivity index (χ2n) is 6.64. The van der Waals surface area contributed by atoms with E-state index in [-0.39, 0.29) is 0 Å². The van der Waals surface area contributed by atoms with Crippen molar-refractivity contribution in [2.24, 2.45) is 18.0 Å². The topological polar surface area (TPSA) is 70.8 Å². The van der Waals surface area contributed by atoms with Crippen molar-refractivity contribution in [3.05, 3.63) is 11.6 Å².